The van der Waals surface area contributed by atoms with E-state index in [0.717, 1.165) is 10.6 Å². The van der Waals surface area contributed by atoms with Crippen molar-refractivity contribution in [3.63, 3.8) is 0 Å². The van der Waals surface area contributed by atoms with Gasteiger partial charge < -0.3 is 9.47 Å². The van der Waals surface area contributed by atoms with Crippen molar-refractivity contribution in [2.24, 2.45) is 5.92 Å². The molecule has 0 saturated carbocycles. The molecule has 134 valence electrons. The van der Waals surface area contributed by atoms with E-state index >= 15 is 0 Å². The van der Waals surface area contributed by atoms with Crippen LogP contribution in [0.2, 0.25) is 0 Å². The fraction of sp³-hybridized carbons (Fsp3) is 0.556. The van der Waals surface area contributed by atoms with Crippen LogP contribution in [0.15, 0.2) is 30.3 Å². The van der Waals surface area contributed by atoms with E-state index in [9.17, 15) is 9.59 Å². The SMILES string of the molecule is CC(C)C(=O)OC(C)N(OCc1ccccc1)C(=O)OC(C)(C)C. The molecule has 1 amide bonds. The van der Waals surface area contributed by atoms with Crippen LogP contribution in [0.4, 0.5) is 4.79 Å². The van der Waals surface area contributed by atoms with Gasteiger partial charge in [-0.3, -0.25) is 9.63 Å². The smallest absolute Gasteiger partial charge is 0.437 e. The van der Waals surface area contributed by atoms with Crippen LogP contribution in [0.3, 0.4) is 0 Å². The molecule has 0 aliphatic carbocycles. The molecule has 6 nitrogen and oxygen atoms in total. The highest BCUT2D eigenvalue weighted by Crippen LogP contribution is 2.15. The van der Waals surface area contributed by atoms with Gasteiger partial charge in [0.15, 0.2) is 0 Å². The second-order valence-electron chi connectivity index (χ2n) is 6.76. The highest BCUT2D eigenvalue weighted by molar-refractivity contribution is 5.72. The first-order chi connectivity index (χ1) is 11.1. The van der Waals surface area contributed by atoms with E-state index in [-0.39, 0.29) is 12.5 Å². The van der Waals surface area contributed by atoms with Crippen LogP contribution in [0.5, 0.6) is 0 Å². The van der Waals surface area contributed by atoms with E-state index in [0.29, 0.717) is 0 Å². The predicted octanol–water partition coefficient (Wildman–Crippen LogP) is 3.90. The molecule has 0 bridgehead atoms. The molecular formula is C18H27NO5. The van der Waals surface area contributed by atoms with Crippen LogP contribution in [-0.2, 0) is 25.7 Å². The maximum absolute atomic E-state index is 12.4. The standard InChI is InChI=1S/C18H27NO5/c1-13(2)16(20)23-14(3)19(17(21)24-18(4,5)6)22-12-15-10-8-7-9-11-15/h7-11,13-14H,12H2,1-6H3. The Morgan fingerprint density at radius 3 is 2.17 bits per heavy atom. The lowest BCUT2D eigenvalue weighted by Gasteiger charge is -2.30. The Kier molecular flexibility index (Phi) is 7.22. The number of esters is 1. The molecule has 0 aliphatic rings. The average Bonchev–Trinajstić information content (AvgIpc) is 2.46. The highest BCUT2D eigenvalue weighted by atomic mass is 16.8. The van der Waals surface area contributed by atoms with Crippen LogP contribution in [0.1, 0.15) is 47.1 Å². The van der Waals surface area contributed by atoms with E-state index in [2.05, 4.69) is 0 Å². The highest BCUT2D eigenvalue weighted by Gasteiger charge is 2.30. The summed E-state index contributed by atoms with van der Waals surface area (Å²) in [6.07, 6.45) is -1.61. The fourth-order valence-corrected chi connectivity index (χ4v) is 1.68. The van der Waals surface area contributed by atoms with Gasteiger partial charge in [-0.05, 0) is 33.3 Å². The average molecular weight is 337 g/mol. The summed E-state index contributed by atoms with van der Waals surface area (Å²) < 4.78 is 10.6. The third kappa shape index (κ3) is 7.00. The molecule has 1 aromatic carbocycles. The summed E-state index contributed by atoms with van der Waals surface area (Å²) in [6.45, 7) is 10.4. The minimum atomic E-state index is -0.904. The van der Waals surface area contributed by atoms with E-state index in [1.807, 2.05) is 30.3 Å². The Morgan fingerprint density at radius 2 is 1.67 bits per heavy atom. The lowest BCUT2D eigenvalue weighted by molar-refractivity contribution is -0.233. The fourth-order valence-electron chi connectivity index (χ4n) is 1.68. The predicted molar refractivity (Wildman–Crippen MR) is 89.7 cm³/mol. The summed E-state index contributed by atoms with van der Waals surface area (Å²) in [5, 5.41) is 0.957. The van der Waals surface area contributed by atoms with Crippen molar-refractivity contribution in [1.82, 2.24) is 5.06 Å². The largest absolute Gasteiger partial charge is 0.442 e. The number of rotatable bonds is 6. The summed E-state index contributed by atoms with van der Waals surface area (Å²) in [5.74, 6) is -0.721. The third-order valence-electron chi connectivity index (χ3n) is 2.87. The molecule has 0 heterocycles. The van der Waals surface area contributed by atoms with E-state index in [1.165, 1.54) is 0 Å². The van der Waals surface area contributed by atoms with Crippen molar-refractivity contribution < 1.29 is 23.9 Å². The van der Waals surface area contributed by atoms with Crippen LogP contribution >= 0.6 is 0 Å². The molecule has 6 heteroatoms. The number of hydrogen-bond acceptors (Lipinski definition) is 5. The van der Waals surface area contributed by atoms with Crippen molar-refractivity contribution in [2.75, 3.05) is 0 Å². The molecule has 0 aliphatic heterocycles. The van der Waals surface area contributed by atoms with Crippen molar-refractivity contribution in [1.29, 1.82) is 0 Å². The van der Waals surface area contributed by atoms with Gasteiger partial charge in [0.25, 0.3) is 0 Å². The van der Waals surface area contributed by atoms with Gasteiger partial charge in [-0.15, -0.1) is 5.06 Å². The third-order valence-corrected chi connectivity index (χ3v) is 2.87. The zero-order valence-corrected chi connectivity index (χ0v) is 15.2. The maximum Gasteiger partial charge on any atom is 0.437 e. The van der Waals surface area contributed by atoms with Gasteiger partial charge in [0.05, 0.1) is 5.92 Å². The molecule has 0 fully saturated rings. The quantitative estimate of drug-likeness (QED) is 0.447. The number of nitrogens with zero attached hydrogens (tertiary/aromatic N) is 1. The number of hydrogen-bond donors (Lipinski definition) is 0. The van der Waals surface area contributed by atoms with Gasteiger partial charge in [-0.2, -0.15) is 0 Å². The summed E-state index contributed by atoms with van der Waals surface area (Å²) >= 11 is 0. The summed E-state index contributed by atoms with van der Waals surface area (Å²) in [6, 6.07) is 9.38. The molecule has 1 unspecified atom stereocenters. The minimum Gasteiger partial charge on any atom is -0.442 e. The van der Waals surface area contributed by atoms with Crippen LogP contribution in [0.25, 0.3) is 0 Å². The summed E-state index contributed by atoms with van der Waals surface area (Å²) in [4.78, 5) is 29.7. The maximum atomic E-state index is 12.4. The van der Waals surface area contributed by atoms with Gasteiger partial charge >= 0.3 is 12.1 Å². The number of amides is 1. The van der Waals surface area contributed by atoms with Crippen molar-refractivity contribution in [3.8, 4) is 0 Å². The first kappa shape index (κ1) is 20.0. The Morgan fingerprint density at radius 1 is 1.08 bits per heavy atom. The number of benzene rings is 1. The van der Waals surface area contributed by atoms with E-state index in [4.69, 9.17) is 14.3 Å². The second-order valence-corrected chi connectivity index (χ2v) is 6.76. The van der Waals surface area contributed by atoms with Gasteiger partial charge in [0.2, 0.25) is 6.23 Å². The topological polar surface area (TPSA) is 65.1 Å². The Balaban J connectivity index is 2.81. The van der Waals surface area contributed by atoms with Crippen LogP contribution < -0.4 is 0 Å². The lowest BCUT2D eigenvalue weighted by Crippen LogP contribution is -2.44. The zero-order chi connectivity index (χ0) is 18.3. The number of hydroxylamine groups is 2. The monoisotopic (exact) mass is 337 g/mol. The normalized spacial score (nSPS) is 12.6. The molecule has 0 radical (unpaired) electrons. The molecule has 0 saturated heterocycles. The molecule has 1 aromatic rings. The van der Waals surface area contributed by atoms with Gasteiger partial charge in [-0.1, -0.05) is 44.2 Å². The number of carbonyl (C=O) groups excluding carboxylic acids is 2. The first-order valence-corrected chi connectivity index (χ1v) is 7.99. The van der Waals surface area contributed by atoms with Crippen molar-refractivity contribution >= 4 is 12.1 Å². The lowest BCUT2D eigenvalue weighted by atomic mass is 10.2. The number of carbonyl (C=O) groups is 2. The second kappa shape index (κ2) is 8.68. The summed E-state index contributed by atoms with van der Waals surface area (Å²) in [5.41, 5.74) is 0.196. The van der Waals surface area contributed by atoms with E-state index in [1.54, 1.807) is 41.5 Å². The minimum absolute atomic E-state index is 0.156. The van der Waals surface area contributed by atoms with Gasteiger partial charge in [0, 0.05) is 0 Å². The Bertz CT molecular complexity index is 536. The zero-order valence-electron chi connectivity index (χ0n) is 15.2. The molecule has 1 atom stereocenters. The number of ether oxygens (including phenoxy) is 2. The molecule has 24 heavy (non-hydrogen) atoms. The molecule has 0 aromatic heterocycles. The summed E-state index contributed by atoms with van der Waals surface area (Å²) in [7, 11) is 0. The molecular weight excluding hydrogens is 310 g/mol. The molecule has 0 spiro atoms. The van der Waals surface area contributed by atoms with Crippen LogP contribution in [0, 0.1) is 5.92 Å². The molecule has 1 rings (SSSR count). The van der Waals surface area contributed by atoms with Crippen LogP contribution in [-0.4, -0.2) is 29.0 Å². The van der Waals surface area contributed by atoms with Crippen molar-refractivity contribution in [3.05, 3.63) is 35.9 Å². The first-order valence-electron chi connectivity index (χ1n) is 7.99. The van der Waals surface area contributed by atoms with Gasteiger partial charge in [-0.25, -0.2) is 4.79 Å². The molecule has 0 N–H and O–H groups in total. The van der Waals surface area contributed by atoms with Crippen molar-refractivity contribution in [2.45, 2.75) is 60.0 Å². The Hall–Kier alpha value is -2.08. The Labute approximate surface area is 143 Å². The van der Waals surface area contributed by atoms with E-state index < -0.39 is 23.9 Å². The van der Waals surface area contributed by atoms with Gasteiger partial charge in [0.1, 0.15) is 12.2 Å².